The van der Waals surface area contributed by atoms with Gasteiger partial charge in [-0.1, -0.05) is 32.4 Å². The first-order chi connectivity index (χ1) is 16.9. The molecule has 0 aromatic heterocycles. The number of allylic oxidation sites excluding steroid dienone is 1. The number of carbonyl (C=O) groups excluding carboxylic acids is 3. The van der Waals surface area contributed by atoms with Gasteiger partial charge in [-0.05, 0) is 44.4 Å². The fourth-order valence-electron chi connectivity index (χ4n) is 6.18. The SMILES string of the molecule is C=CCCCCOC(=O)[C@@H]1[C@@H]2CC(C)C3(S2)C(C(=O)N(CC=C)CCCC)N(CCCO)C(=O)[C@H]13. The van der Waals surface area contributed by atoms with Crippen LogP contribution >= 0.6 is 11.8 Å². The monoisotopic (exact) mass is 506 g/mol. The number of amides is 2. The van der Waals surface area contributed by atoms with Crippen molar-refractivity contribution in [1.82, 2.24) is 9.80 Å². The van der Waals surface area contributed by atoms with Gasteiger partial charge in [0.25, 0.3) is 0 Å². The number of nitrogens with zero attached hydrogens (tertiary/aromatic N) is 2. The number of ether oxygens (including phenoxy) is 1. The molecule has 3 rings (SSSR count). The van der Waals surface area contributed by atoms with E-state index in [1.54, 1.807) is 22.7 Å². The standard InChI is InChI=1S/C27H42N2O5S/c1-5-8-10-11-17-34-26(33)21-20-18-19(4)27(35-20)22(21)24(31)29(15-12-16-30)23(27)25(32)28(13-7-3)14-9-6-2/h5,7,19-23,30H,1,3,6,8-18H2,2,4H3/t19?,20-,21+,22-,23?,27?/m0/s1. The van der Waals surface area contributed by atoms with Crippen LogP contribution < -0.4 is 0 Å². The van der Waals surface area contributed by atoms with Gasteiger partial charge in [-0.25, -0.2) is 0 Å². The predicted octanol–water partition coefficient (Wildman–Crippen LogP) is 3.42. The Balaban J connectivity index is 1.91. The number of fused-ring (bicyclic) bond motifs is 1. The Hall–Kier alpha value is -1.80. The number of aliphatic hydroxyl groups is 1. The van der Waals surface area contributed by atoms with Gasteiger partial charge in [-0.3, -0.25) is 14.4 Å². The Morgan fingerprint density at radius 3 is 2.69 bits per heavy atom. The summed E-state index contributed by atoms with van der Waals surface area (Å²) in [7, 11) is 0. The lowest BCUT2D eigenvalue weighted by atomic mass is 9.66. The minimum atomic E-state index is -0.646. The molecule has 1 N–H and O–H groups in total. The molecular weight excluding hydrogens is 464 g/mol. The molecule has 0 aromatic rings. The normalized spacial score (nSPS) is 30.9. The predicted molar refractivity (Wildman–Crippen MR) is 139 cm³/mol. The summed E-state index contributed by atoms with van der Waals surface area (Å²) in [5.41, 5.74) is 0. The van der Waals surface area contributed by atoms with Crippen molar-refractivity contribution in [3.05, 3.63) is 25.3 Å². The third-order valence-electron chi connectivity index (χ3n) is 7.80. The highest BCUT2D eigenvalue weighted by atomic mass is 32.2. The van der Waals surface area contributed by atoms with Crippen LogP contribution in [0, 0.1) is 17.8 Å². The number of unbranched alkanes of at least 4 members (excludes halogenated alkanes) is 3. The van der Waals surface area contributed by atoms with Gasteiger partial charge < -0.3 is 19.6 Å². The first-order valence-corrected chi connectivity index (χ1v) is 14.0. The molecule has 6 atom stereocenters. The van der Waals surface area contributed by atoms with Gasteiger partial charge >= 0.3 is 5.97 Å². The molecule has 3 fully saturated rings. The van der Waals surface area contributed by atoms with Crippen LogP contribution in [0.4, 0.5) is 0 Å². The topological polar surface area (TPSA) is 87.2 Å². The maximum absolute atomic E-state index is 14.1. The number of hydrogen-bond acceptors (Lipinski definition) is 6. The Labute approximate surface area is 214 Å². The van der Waals surface area contributed by atoms with Gasteiger partial charge in [0.05, 0.1) is 23.2 Å². The van der Waals surface area contributed by atoms with E-state index in [2.05, 4.69) is 27.0 Å². The maximum Gasteiger partial charge on any atom is 0.310 e. The average molecular weight is 507 g/mol. The summed E-state index contributed by atoms with van der Waals surface area (Å²) in [6.07, 6.45) is 9.15. The van der Waals surface area contributed by atoms with Gasteiger partial charge in [0, 0.05) is 31.5 Å². The number of aliphatic hydroxyl groups excluding tert-OH is 1. The number of thioether (sulfide) groups is 1. The van der Waals surface area contributed by atoms with Crippen LogP contribution in [0.3, 0.4) is 0 Å². The third kappa shape index (κ3) is 5.19. The van der Waals surface area contributed by atoms with Crippen LogP contribution in [-0.4, -0.2) is 81.6 Å². The summed E-state index contributed by atoms with van der Waals surface area (Å²) in [5, 5.41) is 9.48. The summed E-state index contributed by atoms with van der Waals surface area (Å²) >= 11 is 1.67. The minimum Gasteiger partial charge on any atom is -0.465 e. The quantitative estimate of drug-likeness (QED) is 0.208. The van der Waals surface area contributed by atoms with Crippen LogP contribution in [0.1, 0.15) is 58.8 Å². The smallest absolute Gasteiger partial charge is 0.310 e. The summed E-state index contributed by atoms with van der Waals surface area (Å²) in [6, 6.07) is -0.640. The molecule has 3 aliphatic rings. The first-order valence-electron chi connectivity index (χ1n) is 13.1. The van der Waals surface area contributed by atoms with Crippen molar-refractivity contribution < 1.29 is 24.2 Å². The molecule has 3 unspecified atom stereocenters. The van der Waals surface area contributed by atoms with E-state index < -0.39 is 22.6 Å². The van der Waals surface area contributed by atoms with E-state index in [0.717, 1.165) is 38.5 Å². The molecule has 35 heavy (non-hydrogen) atoms. The molecule has 3 aliphatic heterocycles. The Morgan fingerprint density at radius 1 is 1.26 bits per heavy atom. The zero-order valence-electron chi connectivity index (χ0n) is 21.3. The Bertz CT molecular complexity index is 804. The molecule has 196 valence electrons. The summed E-state index contributed by atoms with van der Waals surface area (Å²) < 4.78 is 5.01. The second kappa shape index (κ2) is 12.4. The van der Waals surface area contributed by atoms with Gasteiger partial charge in [0.1, 0.15) is 6.04 Å². The third-order valence-corrected chi connectivity index (χ3v) is 9.87. The summed E-state index contributed by atoms with van der Waals surface area (Å²) in [5.74, 6) is -1.48. The first kappa shape index (κ1) is 27.8. The van der Waals surface area contributed by atoms with Crippen LogP contribution in [0.2, 0.25) is 0 Å². The van der Waals surface area contributed by atoms with E-state index in [0.29, 0.717) is 32.7 Å². The molecule has 3 heterocycles. The van der Waals surface area contributed by atoms with E-state index in [-0.39, 0.29) is 35.6 Å². The lowest BCUT2D eigenvalue weighted by molar-refractivity contribution is -0.154. The second-order valence-corrected chi connectivity index (χ2v) is 11.6. The lowest BCUT2D eigenvalue weighted by Gasteiger charge is -2.40. The van der Waals surface area contributed by atoms with Crippen molar-refractivity contribution in [1.29, 1.82) is 0 Å². The molecule has 7 nitrogen and oxygen atoms in total. The maximum atomic E-state index is 14.1. The number of esters is 1. The highest BCUT2D eigenvalue weighted by molar-refractivity contribution is 8.02. The number of rotatable bonds is 15. The van der Waals surface area contributed by atoms with Crippen molar-refractivity contribution in [2.24, 2.45) is 17.8 Å². The number of carbonyl (C=O) groups is 3. The second-order valence-electron chi connectivity index (χ2n) is 10.0. The van der Waals surface area contributed by atoms with Crippen molar-refractivity contribution in [2.75, 3.05) is 32.8 Å². The molecule has 2 amide bonds. The van der Waals surface area contributed by atoms with Crippen LogP contribution in [0.25, 0.3) is 0 Å². The van der Waals surface area contributed by atoms with E-state index >= 15 is 0 Å². The highest BCUT2D eigenvalue weighted by Crippen LogP contribution is 2.68. The number of likely N-dealkylation sites (tertiary alicyclic amines) is 1. The molecule has 2 bridgehead atoms. The molecule has 0 saturated carbocycles. The summed E-state index contributed by atoms with van der Waals surface area (Å²) in [6.45, 7) is 13.4. The average Bonchev–Trinajstić information content (AvgIpc) is 3.43. The molecule has 8 heteroatoms. The van der Waals surface area contributed by atoms with Crippen molar-refractivity contribution >= 4 is 29.5 Å². The number of hydrogen-bond donors (Lipinski definition) is 1. The lowest BCUT2D eigenvalue weighted by Crippen LogP contribution is -2.57. The van der Waals surface area contributed by atoms with Crippen LogP contribution in [-0.2, 0) is 19.1 Å². The molecular formula is C27H42N2O5S. The Kier molecular flexibility index (Phi) is 9.87. The molecule has 0 aromatic carbocycles. The van der Waals surface area contributed by atoms with E-state index in [9.17, 15) is 19.5 Å². The largest absolute Gasteiger partial charge is 0.465 e. The molecule has 0 radical (unpaired) electrons. The minimum absolute atomic E-state index is 0.0154. The van der Waals surface area contributed by atoms with E-state index in [1.807, 2.05) is 11.0 Å². The van der Waals surface area contributed by atoms with Gasteiger partial charge in [-0.2, -0.15) is 0 Å². The Morgan fingerprint density at radius 2 is 2.03 bits per heavy atom. The molecule has 0 aliphatic carbocycles. The molecule has 1 spiro atoms. The van der Waals surface area contributed by atoms with E-state index in [1.165, 1.54) is 0 Å². The fraction of sp³-hybridized carbons (Fsp3) is 0.741. The van der Waals surface area contributed by atoms with Crippen molar-refractivity contribution in [2.45, 2.75) is 74.8 Å². The molecule has 3 saturated heterocycles. The van der Waals surface area contributed by atoms with Crippen molar-refractivity contribution in [3.63, 3.8) is 0 Å². The fourth-order valence-corrected chi connectivity index (χ4v) is 8.58. The zero-order chi connectivity index (χ0) is 25.6. The van der Waals surface area contributed by atoms with Gasteiger partial charge in [0.2, 0.25) is 11.8 Å². The van der Waals surface area contributed by atoms with Crippen molar-refractivity contribution in [3.8, 4) is 0 Å². The van der Waals surface area contributed by atoms with E-state index in [4.69, 9.17) is 4.74 Å². The van der Waals surface area contributed by atoms with Gasteiger partial charge in [-0.15, -0.1) is 24.9 Å². The van der Waals surface area contributed by atoms with Crippen LogP contribution in [0.15, 0.2) is 25.3 Å². The zero-order valence-corrected chi connectivity index (χ0v) is 22.1. The highest BCUT2D eigenvalue weighted by Gasteiger charge is 2.76. The summed E-state index contributed by atoms with van der Waals surface area (Å²) in [4.78, 5) is 44.7. The van der Waals surface area contributed by atoms with Crippen LogP contribution in [0.5, 0.6) is 0 Å². The van der Waals surface area contributed by atoms with Gasteiger partial charge in [0.15, 0.2) is 0 Å².